The van der Waals surface area contributed by atoms with Crippen LogP contribution < -0.4 is 10.6 Å². The molecule has 0 bridgehead atoms. The molecule has 2 N–H and O–H groups in total. The van der Waals surface area contributed by atoms with Crippen molar-refractivity contribution in [2.75, 3.05) is 26.8 Å². The van der Waals surface area contributed by atoms with Crippen LogP contribution in [0.2, 0.25) is 10.0 Å². The summed E-state index contributed by atoms with van der Waals surface area (Å²) in [5.74, 6) is -1.81. The third-order valence-electron chi connectivity index (χ3n) is 2.29. The number of carbonyl (C=O) groups excluding carboxylic acids is 2. The summed E-state index contributed by atoms with van der Waals surface area (Å²) in [7, 11) is 1.50. The van der Waals surface area contributed by atoms with Gasteiger partial charge in [-0.1, -0.05) is 23.2 Å². The highest BCUT2D eigenvalue weighted by Gasteiger charge is 2.14. The zero-order valence-corrected chi connectivity index (χ0v) is 12.1. The number of methoxy groups -OCH3 is 1. The molecular weight excluding hydrogens is 310 g/mol. The molecule has 0 fully saturated rings. The molecule has 5 nitrogen and oxygen atoms in total. The van der Waals surface area contributed by atoms with Gasteiger partial charge in [0, 0.05) is 13.7 Å². The van der Waals surface area contributed by atoms with Crippen molar-refractivity contribution < 1.29 is 18.7 Å². The zero-order chi connectivity index (χ0) is 15.1. The van der Waals surface area contributed by atoms with Gasteiger partial charge in [-0.15, -0.1) is 0 Å². The first-order valence-electron chi connectivity index (χ1n) is 5.64. The molecule has 8 heteroatoms. The van der Waals surface area contributed by atoms with Gasteiger partial charge < -0.3 is 15.4 Å². The van der Waals surface area contributed by atoms with E-state index in [4.69, 9.17) is 27.9 Å². The van der Waals surface area contributed by atoms with Crippen molar-refractivity contribution in [2.24, 2.45) is 0 Å². The number of amides is 2. The van der Waals surface area contributed by atoms with Crippen LogP contribution in [0.1, 0.15) is 10.4 Å². The largest absolute Gasteiger partial charge is 0.383 e. The number of rotatable bonds is 6. The van der Waals surface area contributed by atoms with E-state index in [0.717, 1.165) is 12.1 Å². The van der Waals surface area contributed by atoms with Crippen molar-refractivity contribution in [3.05, 3.63) is 33.6 Å². The van der Waals surface area contributed by atoms with E-state index in [1.54, 1.807) is 0 Å². The Morgan fingerprint density at radius 1 is 1.25 bits per heavy atom. The Morgan fingerprint density at radius 2 is 1.95 bits per heavy atom. The lowest BCUT2D eigenvalue weighted by atomic mass is 10.2. The second-order valence-electron chi connectivity index (χ2n) is 3.77. The minimum atomic E-state index is -0.759. The molecule has 0 atom stereocenters. The van der Waals surface area contributed by atoms with Crippen LogP contribution in [0.3, 0.4) is 0 Å². The standard InChI is InChI=1S/C12H13Cl2FN2O3/c1-20-3-2-16-11(18)6-17-12(19)7-4-10(15)9(14)5-8(7)13/h4-5H,2-3,6H2,1H3,(H,16,18)(H,17,19). The fourth-order valence-corrected chi connectivity index (χ4v) is 1.78. The predicted octanol–water partition coefficient (Wildman–Crippen LogP) is 1.62. The second-order valence-corrected chi connectivity index (χ2v) is 4.59. The summed E-state index contributed by atoms with van der Waals surface area (Å²) in [4.78, 5) is 23.1. The topological polar surface area (TPSA) is 67.4 Å². The fraction of sp³-hybridized carbons (Fsp3) is 0.333. The number of benzene rings is 1. The number of hydrogen-bond donors (Lipinski definition) is 2. The average molecular weight is 323 g/mol. The van der Waals surface area contributed by atoms with Crippen molar-refractivity contribution in [2.45, 2.75) is 0 Å². The molecule has 0 aliphatic rings. The highest BCUT2D eigenvalue weighted by atomic mass is 35.5. The van der Waals surface area contributed by atoms with Gasteiger partial charge in [-0.3, -0.25) is 9.59 Å². The quantitative estimate of drug-likeness (QED) is 0.618. The van der Waals surface area contributed by atoms with Gasteiger partial charge in [0.1, 0.15) is 5.82 Å². The van der Waals surface area contributed by atoms with E-state index in [0.29, 0.717) is 13.2 Å². The Labute approximate surface area is 125 Å². The van der Waals surface area contributed by atoms with Gasteiger partial charge >= 0.3 is 0 Å². The first kappa shape index (κ1) is 16.7. The molecule has 0 saturated carbocycles. The van der Waals surface area contributed by atoms with Gasteiger partial charge in [0.25, 0.3) is 5.91 Å². The molecule has 1 aromatic rings. The van der Waals surface area contributed by atoms with Crippen LogP contribution in [0.25, 0.3) is 0 Å². The van der Waals surface area contributed by atoms with Crippen LogP contribution in [0.5, 0.6) is 0 Å². The van der Waals surface area contributed by atoms with Crippen molar-refractivity contribution in [3.8, 4) is 0 Å². The summed E-state index contributed by atoms with van der Waals surface area (Å²) in [6, 6.07) is 2.05. The molecule has 0 aromatic heterocycles. The molecule has 1 aromatic carbocycles. The average Bonchev–Trinajstić information content (AvgIpc) is 2.40. The summed E-state index contributed by atoms with van der Waals surface area (Å²) in [6.45, 7) is 0.457. The Balaban J connectivity index is 2.55. The highest BCUT2D eigenvalue weighted by molar-refractivity contribution is 6.36. The molecule has 2 amide bonds. The van der Waals surface area contributed by atoms with E-state index >= 15 is 0 Å². The minimum absolute atomic E-state index is 0.00805. The third kappa shape index (κ3) is 4.96. The summed E-state index contributed by atoms with van der Waals surface area (Å²) >= 11 is 11.3. The van der Waals surface area contributed by atoms with Crippen LogP contribution in [-0.4, -0.2) is 38.6 Å². The smallest absolute Gasteiger partial charge is 0.253 e. The van der Waals surface area contributed by atoms with Crippen molar-refractivity contribution >= 4 is 35.0 Å². The van der Waals surface area contributed by atoms with E-state index in [1.807, 2.05) is 0 Å². The molecule has 0 spiro atoms. The lowest BCUT2D eigenvalue weighted by Crippen LogP contribution is -2.38. The monoisotopic (exact) mass is 322 g/mol. The van der Waals surface area contributed by atoms with Gasteiger partial charge in [-0.25, -0.2) is 4.39 Å². The summed E-state index contributed by atoms with van der Waals surface area (Å²) in [5.41, 5.74) is -0.0849. The van der Waals surface area contributed by atoms with E-state index in [-0.39, 0.29) is 28.1 Å². The third-order valence-corrected chi connectivity index (χ3v) is 2.89. The van der Waals surface area contributed by atoms with Gasteiger partial charge in [0.2, 0.25) is 5.91 Å². The maximum atomic E-state index is 13.3. The van der Waals surface area contributed by atoms with Gasteiger partial charge in [0.05, 0.1) is 28.8 Å². The molecule has 0 saturated heterocycles. The normalized spacial score (nSPS) is 10.2. The Morgan fingerprint density at radius 3 is 2.60 bits per heavy atom. The lowest BCUT2D eigenvalue weighted by Gasteiger charge is -2.08. The Bertz CT molecular complexity index is 512. The molecule has 20 heavy (non-hydrogen) atoms. The molecule has 0 aliphatic carbocycles. The first-order valence-corrected chi connectivity index (χ1v) is 6.39. The first-order chi connectivity index (χ1) is 9.45. The van der Waals surface area contributed by atoms with Crippen LogP contribution in [0, 0.1) is 5.82 Å². The molecular formula is C12H13Cl2FN2O3. The zero-order valence-electron chi connectivity index (χ0n) is 10.6. The van der Waals surface area contributed by atoms with E-state index < -0.39 is 11.7 Å². The number of carbonyl (C=O) groups is 2. The van der Waals surface area contributed by atoms with E-state index in [9.17, 15) is 14.0 Å². The predicted molar refractivity (Wildman–Crippen MR) is 73.6 cm³/mol. The highest BCUT2D eigenvalue weighted by Crippen LogP contribution is 2.24. The summed E-state index contributed by atoms with van der Waals surface area (Å²) in [6.07, 6.45) is 0. The van der Waals surface area contributed by atoms with Crippen molar-refractivity contribution in [1.29, 1.82) is 0 Å². The van der Waals surface area contributed by atoms with Crippen molar-refractivity contribution in [1.82, 2.24) is 10.6 Å². The summed E-state index contributed by atoms with van der Waals surface area (Å²) in [5, 5.41) is 4.68. The molecule has 0 radical (unpaired) electrons. The van der Waals surface area contributed by atoms with Gasteiger partial charge in [0.15, 0.2) is 0 Å². The van der Waals surface area contributed by atoms with Gasteiger partial charge in [-0.05, 0) is 12.1 Å². The molecule has 0 unspecified atom stereocenters. The molecule has 0 heterocycles. The van der Waals surface area contributed by atoms with E-state index in [1.165, 1.54) is 7.11 Å². The number of hydrogen-bond acceptors (Lipinski definition) is 3. The van der Waals surface area contributed by atoms with Crippen molar-refractivity contribution in [3.63, 3.8) is 0 Å². The van der Waals surface area contributed by atoms with Crippen LogP contribution >= 0.6 is 23.2 Å². The van der Waals surface area contributed by atoms with Crippen LogP contribution in [-0.2, 0) is 9.53 Å². The van der Waals surface area contributed by atoms with Crippen LogP contribution in [0.15, 0.2) is 12.1 Å². The maximum Gasteiger partial charge on any atom is 0.253 e. The SMILES string of the molecule is COCCNC(=O)CNC(=O)c1cc(F)c(Cl)cc1Cl. The second kappa shape index (κ2) is 8.04. The molecule has 0 aliphatic heterocycles. The van der Waals surface area contributed by atoms with E-state index in [2.05, 4.69) is 10.6 Å². The number of ether oxygens (including phenoxy) is 1. The number of halogens is 3. The lowest BCUT2D eigenvalue weighted by molar-refractivity contribution is -0.120. The minimum Gasteiger partial charge on any atom is -0.383 e. The Hall–Kier alpha value is -1.37. The Kier molecular flexibility index (Phi) is 6.70. The van der Waals surface area contributed by atoms with Crippen LogP contribution in [0.4, 0.5) is 4.39 Å². The fourth-order valence-electron chi connectivity index (χ4n) is 1.31. The molecule has 1 rings (SSSR count). The summed E-state index contributed by atoms with van der Waals surface area (Å²) < 4.78 is 18.0. The maximum absolute atomic E-state index is 13.3. The number of nitrogens with one attached hydrogen (secondary N) is 2. The van der Waals surface area contributed by atoms with Gasteiger partial charge in [-0.2, -0.15) is 0 Å². The molecule has 110 valence electrons.